The normalized spacial score (nSPS) is 13.8. The maximum atomic E-state index is 13.2. The van der Waals surface area contributed by atoms with Gasteiger partial charge in [0.25, 0.3) is 17.3 Å². The molecule has 160 valence electrons. The molecule has 1 atom stereocenters. The number of oxime groups is 1. The van der Waals surface area contributed by atoms with Gasteiger partial charge in [0.2, 0.25) is 0 Å². The molecule has 0 radical (unpaired) electrons. The second-order valence-electron chi connectivity index (χ2n) is 7.21. The highest BCUT2D eigenvalue weighted by molar-refractivity contribution is 6.27. The van der Waals surface area contributed by atoms with E-state index < -0.39 is 15.8 Å². The number of hydrogen-bond donors (Lipinski definition) is 2. The highest BCUT2D eigenvalue weighted by Crippen LogP contribution is 2.42. The largest absolute Gasteiger partial charge is 0.410 e. The molecule has 1 aliphatic carbocycles. The van der Waals surface area contributed by atoms with Gasteiger partial charge in [-0.1, -0.05) is 35.5 Å². The number of amides is 1. The Morgan fingerprint density at radius 3 is 2.22 bits per heavy atom. The second-order valence-corrected chi connectivity index (χ2v) is 7.21. The summed E-state index contributed by atoms with van der Waals surface area (Å²) in [6, 6.07) is 15.1. The summed E-state index contributed by atoms with van der Waals surface area (Å²) in [6.07, 6.45) is 0. The van der Waals surface area contributed by atoms with Gasteiger partial charge >= 0.3 is 0 Å². The summed E-state index contributed by atoms with van der Waals surface area (Å²) in [5.74, 6) is -0.565. The molecule has 0 bridgehead atoms. The summed E-state index contributed by atoms with van der Waals surface area (Å²) in [5.41, 5.74) is 1.24. The molecule has 3 aromatic carbocycles. The first-order valence-corrected chi connectivity index (χ1v) is 9.51. The smallest absolute Gasteiger partial charge is 0.270 e. The standard InChI is InChI=1S/C22H16N4O6/c1-12(13-5-3-2-4-6-13)23-22(27)19-11-15(26(31)32)10-18-20(19)16-8-7-14(25(29)30)9-17(16)21(18)24-28/h2-12,28H,1H3,(H,23,27)/b24-21+. The van der Waals surface area contributed by atoms with Gasteiger partial charge in [-0.25, -0.2) is 0 Å². The summed E-state index contributed by atoms with van der Waals surface area (Å²) in [6.45, 7) is 1.78. The number of carbonyl (C=O) groups excluding carboxylic acids is 1. The van der Waals surface area contributed by atoms with Gasteiger partial charge in [-0.05, 0) is 24.1 Å². The van der Waals surface area contributed by atoms with Crippen LogP contribution < -0.4 is 5.32 Å². The van der Waals surface area contributed by atoms with Crippen molar-refractivity contribution in [2.24, 2.45) is 5.16 Å². The van der Waals surface area contributed by atoms with Crippen LogP contribution in [-0.2, 0) is 0 Å². The fraction of sp³-hybridized carbons (Fsp3) is 0.0909. The summed E-state index contributed by atoms with van der Waals surface area (Å²) in [5, 5.41) is 38.3. The van der Waals surface area contributed by atoms with E-state index in [1.54, 1.807) is 6.92 Å². The minimum Gasteiger partial charge on any atom is -0.410 e. The zero-order valence-electron chi connectivity index (χ0n) is 16.7. The number of hydrogen-bond acceptors (Lipinski definition) is 7. The average Bonchev–Trinajstić information content (AvgIpc) is 3.11. The van der Waals surface area contributed by atoms with Crippen molar-refractivity contribution in [2.45, 2.75) is 13.0 Å². The highest BCUT2D eigenvalue weighted by atomic mass is 16.6. The Kier molecular flexibility index (Phi) is 5.11. The van der Waals surface area contributed by atoms with Crippen molar-refractivity contribution < 1.29 is 19.8 Å². The van der Waals surface area contributed by atoms with Gasteiger partial charge < -0.3 is 10.5 Å². The van der Waals surface area contributed by atoms with Crippen molar-refractivity contribution in [1.29, 1.82) is 0 Å². The van der Waals surface area contributed by atoms with E-state index in [0.29, 0.717) is 11.1 Å². The lowest BCUT2D eigenvalue weighted by atomic mass is 9.97. The molecule has 2 N–H and O–H groups in total. The first-order valence-electron chi connectivity index (χ1n) is 9.51. The third-order valence-corrected chi connectivity index (χ3v) is 5.32. The van der Waals surface area contributed by atoms with Crippen LogP contribution in [0, 0.1) is 20.2 Å². The van der Waals surface area contributed by atoms with E-state index in [2.05, 4.69) is 10.5 Å². The number of non-ortho nitro benzene ring substituents is 2. The Morgan fingerprint density at radius 1 is 0.938 bits per heavy atom. The average molecular weight is 432 g/mol. The van der Waals surface area contributed by atoms with E-state index in [-0.39, 0.29) is 39.8 Å². The van der Waals surface area contributed by atoms with Crippen molar-refractivity contribution in [3.8, 4) is 11.1 Å². The maximum Gasteiger partial charge on any atom is 0.270 e. The molecule has 1 unspecified atom stereocenters. The van der Waals surface area contributed by atoms with Gasteiger partial charge in [0.1, 0.15) is 5.71 Å². The summed E-state index contributed by atoms with van der Waals surface area (Å²) in [4.78, 5) is 34.6. The Hall–Kier alpha value is -4.60. The minimum absolute atomic E-state index is 0.00531. The van der Waals surface area contributed by atoms with Crippen LogP contribution in [0.3, 0.4) is 0 Å². The number of fused-ring (bicyclic) bond motifs is 3. The molecule has 0 aliphatic heterocycles. The molecule has 1 amide bonds. The quantitative estimate of drug-likeness (QED) is 0.274. The highest BCUT2D eigenvalue weighted by Gasteiger charge is 2.34. The number of nitrogens with one attached hydrogen (secondary N) is 1. The predicted octanol–water partition coefficient (Wildman–Crippen LogP) is 4.20. The van der Waals surface area contributed by atoms with E-state index in [1.165, 1.54) is 24.3 Å². The zero-order chi connectivity index (χ0) is 23.0. The maximum absolute atomic E-state index is 13.2. The van der Waals surface area contributed by atoms with Crippen LogP contribution >= 0.6 is 0 Å². The fourth-order valence-electron chi connectivity index (χ4n) is 3.80. The van der Waals surface area contributed by atoms with Crippen molar-refractivity contribution in [2.75, 3.05) is 0 Å². The van der Waals surface area contributed by atoms with Gasteiger partial charge in [-0.2, -0.15) is 0 Å². The molecule has 0 aromatic heterocycles. The topological polar surface area (TPSA) is 148 Å². The second kappa shape index (κ2) is 7.91. The fourth-order valence-corrected chi connectivity index (χ4v) is 3.80. The molecule has 0 spiro atoms. The molecule has 0 heterocycles. The third-order valence-electron chi connectivity index (χ3n) is 5.32. The summed E-state index contributed by atoms with van der Waals surface area (Å²) >= 11 is 0. The first kappa shape index (κ1) is 20.7. The third kappa shape index (κ3) is 3.43. The Balaban J connectivity index is 1.87. The van der Waals surface area contributed by atoms with Crippen molar-refractivity contribution in [3.05, 3.63) is 103 Å². The Labute approximate surface area is 181 Å². The number of nitro benzene ring substituents is 2. The lowest BCUT2D eigenvalue weighted by Crippen LogP contribution is -2.27. The van der Waals surface area contributed by atoms with E-state index in [0.717, 1.165) is 11.6 Å². The van der Waals surface area contributed by atoms with Crippen LogP contribution in [0.25, 0.3) is 11.1 Å². The van der Waals surface area contributed by atoms with Crippen LogP contribution in [0.15, 0.2) is 65.8 Å². The molecular weight excluding hydrogens is 416 g/mol. The SMILES string of the molecule is CC(NC(=O)c1cc([N+](=O)[O-])cc2c1-c1ccc([N+](=O)[O-])cc1/C2=N\O)c1ccccc1. The van der Waals surface area contributed by atoms with Crippen molar-refractivity contribution >= 4 is 23.0 Å². The Bertz CT molecular complexity index is 1300. The number of benzene rings is 3. The van der Waals surface area contributed by atoms with Crippen LogP contribution in [0.4, 0.5) is 11.4 Å². The molecule has 1 aliphatic rings. The molecule has 0 fully saturated rings. The molecule has 4 rings (SSSR count). The molecular formula is C22H16N4O6. The first-order chi connectivity index (χ1) is 15.3. The molecule has 10 heteroatoms. The summed E-state index contributed by atoms with van der Waals surface area (Å²) in [7, 11) is 0. The lowest BCUT2D eigenvalue weighted by Gasteiger charge is -2.16. The number of nitro groups is 2. The van der Waals surface area contributed by atoms with Crippen molar-refractivity contribution in [3.63, 3.8) is 0 Å². The molecule has 3 aromatic rings. The van der Waals surface area contributed by atoms with Gasteiger partial charge in [0.05, 0.1) is 21.5 Å². The lowest BCUT2D eigenvalue weighted by molar-refractivity contribution is -0.385. The van der Waals surface area contributed by atoms with Crippen LogP contribution in [0.5, 0.6) is 0 Å². The van der Waals surface area contributed by atoms with Gasteiger partial charge in [-0.3, -0.25) is 25.0 Å². The Morgan fingerprint density at radius 2 is 1.59 bits per heavy atom. The van der Waals surface area contributed by atoms with Gasteiger partial charge in [-0.15, -0.1) is 0 Å². The molecule has 32 heavy (non-hydrogen) atoms. The number of carbonyl (C=O) groups is 1. The van der Waals surface area contributed by atoms with E-state index in [4.69, 9.17) is 0 Å². The van der Waals surface area contributed by atoms with Gasteiger partial charge in [0.15, 0.2) is 0 Å². The van der Waals surface area contributed by atoms with E-state index in [1.807, 2.05) is 30.3 Å². The van der Waals surface area contributed by atoms with Crippen LogP contribution in [0.2, 0.25) is 0 Å². The molecule has 0 saturated heterocycles. The van der Waals surface area contributed by atoms with Crippen LogP contribution in [0.1, 0.15) is 40.0 Å². The summed E-state index contributed by atoms with van der Waals surface area (Å²) < 4.78 is 0. The van der Waals surface area contributed by atoms with E-state index in [9.17, 15) is 30.2 Å². The zero-order valence-corrected chi connectivity index (χ0v) is 16.7. The van der Waals surface area contributed by atoms with Crippen LogP contribution in [-0.4, -0.2) is 26.7 Å². The van der Waals surface area contributed by atoms with E-state index >= 15 is 0 Å². The number of rotatable bonds is 5. The molecule has 0 saturated carbocycles. The van der Waals surface area contributed by atoms with Crippen molar-refractivity contribution in [1.82, 2.24) is 5.32 Å². The number of nitrogens with zero attached hydrogens (tertiary/aromatic N) is 3. The monoisotopic (exact) mass is 432 g/mol. The van der Waals surface area contributed by atoms with Gasteiger partial charge in [0, 0.05) is 41.0 Å². The minimum atomic E-state index is -0.655. The molecule has 10 nitrogen and oxygen atoms in total. The predicted molar refractivity (Wildman–Crippen MR) is 115 cm³/mol.